The molecule has 0 aliphatic heterocycles. The van der Waals surface area contributed by atoms with E-state index in [4.69, 9.17) is 11.6 Å². The summed E-state index contributed by atoms with van der Waals surface area (Å²) in [4.78, 5) is 0. The number of rotatable bonds is 3. The first-order chi connectivity index (χ1) is 8.97. The van der Waals surface area contributed by atoms with Crippen LogP contribution in [-0.2, 0) is 6.54 Å². The van der Waals surface area contributed by atoms with Gasteiger partial charge in [-0.2, -0.15) is 0 Å². The first kappa shape index (κ1) is 14.0. The Bertz CT molecular complexity index is 599. The van der Waals surface area contributed by atoms with Crippen LogP contribution in [-0.4, -0.2) is 10.2 Å². The smallest absolute Gasteiger partial charge is 0.125 e. The average molecular weight is 347 g/mol. The molecule has 2 aromatic rings. The molecular weight excluding hydrogens is 337 g/mol. The quantitative estimate of drug-likeness (QED) is 0.778. The molecule has 2 rings (SSSR count). The first-order valence-corrected chi connectivity index (χ1v) is 6.53. The normalized spacial score (nSPS) is 10.5. The van der Waals surface area contributed by atoms with E-state index in [1.807, 2.05) is 0 Å². The summed E-state index contributed by atoms with van der Waals surface area (Å²) in [5.41, 5.74) is 1.13. The van der Waals surface area contributed by atoms with Crippen molar-refractivity contribution in [1.82, 2.24) is 0 Å². The van der Waals surface area contributed by atoms with Crippen molar-refractivity contribution in [3.05, 3.63) is 51.2 Å². The number of phenols is 2. The van der Waals surface area contributed by atoms with Crippen LogP contribution in [0.15, 0.2) is 34.8 Å². The molecule has 0 saturated heterocycles. The van der Waals surface area contributed by atoms with Gasteiger partial charge in [-0.15, -0.1) is 0 Å². The minimum atomic E-state index is -0.435. The standard InChI is InChI=1S/C13H10BrClFNO2/c14-10-3-8(16)4-11(15)13(10)17-6-7-1-2-9(18)5-12(7)19/h1-5,17-19H,6H2. The van der Waals surface area contributed by atoms with Crippen molar-refractivity contribution in [1.29, 1.82) is 0 Å². The fourth-order valence-electron chi connectivity index (χ4n) is 1.60. The molecule has 0 spiro atoms. The molecule has 0 saturated carbocycles. The van der Waals surface area contributed by atoms with Gasteiger partial charge < -0.3 is 15.5 Å². The van der Waals surface area contributed by atoms with Gasteiger partial charge in [0.2, 0.25) is 0 Å². The third kappa shape index (κ3) is 3.30. The van der Waals surface area contributed by atoms with Crippen molar-refractivity contribution in [2.45, 2.75) is 6.54 Å². The summed E-state index contributed by atoms with van der Waals surface area (Å²) >= 11 is 9.14. The average Bonchev–Trinajstić information content (AvgIpc) is 2.30. The zero-order chi connectivity index (χ0) is 14.0. The molecule has 19 heavy (non-hydrogen) atoms. The van der Waals surface area contributed by atoms with Gasteiger partial charge in [0.05, 0.1) is 10.7 Å². The number of phenolic OH excluding ortho intramolecular Hbond substituents is 2. The van der Waals surface area contributed by atoms with E-state index in [1.165, 1.54) is 24.3 Å². The maximum Gasteiger partial charge on any atom is 0.125 e. The van der Waals surface area contributed by atoms with Crippen LogP contribution in [0, 0.1) is 5.82 Å². The third-order valence-electron chi connectivity index (χ3n) is 2.53. The molecule has 0 amide bonds. The molecule has 3 nitrogen and oxygen atoms in total. The van der Waals surface area contributed by atoms with Crippen molar-refractivity contribution in [2.24, 2.45) is 0 Å². The Morgan fingerprint density at radius 1 is 1.21 bits per heavy atom. The second kappa shape index (κ2) is 5.67. The Kier molecular flexibility index (Phi) is 4.17. The van der Waals surface area contributed by atoms with Crippen molar-refractivity contribution >= 4 is 33.2 Å². The van der Waals surface area contributed by atoms with Crippen LogP contribution in [0.2, 0.25) is 5.02 Å². The van der Waals surface area contributed by atoms with Crippen LogP contribution in [0.25, 0.3) is 0 Å². The summed E-state index contributed by atoms with van der Waals surface area (Å²) in [6.45, 7) is 0.288. The van der Waals surface area contributed by atoms with Gasteiger partial charge in [0.1, 0.15) is 17.3 Å². The van der Waals surface area contributed by atoms with Crippen LogP contribution in [0.5, 0.6) is 11.5 Å². The maximum atomic E-state index is 13.1. The van der Waals surface area contributed by atoms with Crippen LogP contribution in [0.4, 0.5) is 10.1 Å². The molecule has 0 aliphatic carbocycles. The maximum absolute atomic E-state index is 13.1. The molecular formula is C13H10BrClFNO2. The van der Waals surface area contributed by atoms with Gasteiger partial charge >= 0.3 is 0 Å². The lowest BCUT2D eigenvalue weighted by Gasteiger charge is -2.12. The molecule has 100 valence electrons. The van der Waals surface area contributed by atoms with E-state index < -0.39 is 5.82 Å². The molecule has 0 atom stereocenters. The zero-order valence-corrected chi connectivity index (χ0v) is 12.0. The minimum absolute atomic E-state index is 0.0118. The molecule has 0 unspecified atom stereocenters. The molecule has 6 heteroatoms. The van der Waals surface area contributed by atoms with Crippen LogP contribution in [0.3, 0.4) is 0 Å². The van der Waals surface area contributed by atoms with E-state index >= 15 is 0 Å². The number of hydrogen-bond acceptors (Lipinski definition) is 3. The number of anilines is 1. The summed E-state index contributed by atoms with van der Waals surface area (Å²) in [5.74, 6) is -0.473. The lowest BCUT2D eigenvalue weighted by Crippen LogP contribution is -2.01. The van der Waals surface area contributed by atoms with Crippen molar-refractivity contribution < 1.29 is 14.6 Å². The predicted octanol–water partition coefficient (Wildman–Crippen LogP) is 4.26. The highest BCUT2D eigenvalue weighted by molar-refractivity contribution is 9.10. The van der Waals surface area contributed by atoms with Crippen molar-refractivity contribution in [3.63, 3.8) is 0 Å². The Labute approximate surface area is 122 Å². The van der Waals surface area contributed by atoms with E-state index in [0.29, 0.717) is 15.7 Å². The Morgan fingerprint density at radius 3 is 2.58 bits per heavy atom. The zero-order valence-electron chi connectivity index (χ0n) is 9.62. The Morgan fingerprint density at radius 2 is 1.95 bits per heavy atom. The van der Waals surface area contributed by atoms with Gasteiger partial charge in [-0.3, -0.25) is 0 Å². The predicted molar refractivity (Wildman–Crippen MR) is 76.2 cm³/mol. The number of aromatic hydroxyl groups is 2. The molecule has 0 radical (unpaired) electrons. The largest absolute Gasteiger partial charge is 0.508 e. The molecule has 2 aromatic carbocycles. The van der Waals surface area contributed by atoms with Gasteiger partial charge in [-0.25, -0.2) is 4.39 Å². The fraction of sp³-hybridized carbons (Fsp3) is 0.0769. The molecule has 0 heterocycles. The molecule has 3 N–H and O–H groups in total. The first-order valence-electron chi connectivity index (χ1n) is 5.36. The monoisotopic (exact) mass is 345 g/mol. The highest BCUT2D eigenvalue weighted by Gasteiger charge is 2.09. The number of nitrogens with one attached hydrogen (secondary N) is 1. The van der Waals surface area contributed by atoms with Gasteiger partial charge in [0.25, 0.3) is 0 Å². The Hall–Kier alpha value is -1.46. The van der Waals surface area contributed by atoms with Crippen molar-refractivity contribution in [3.8, 4) is 11.5 Å². The second-order valence-electron chi connectivity index (χ2n) is 3.91. The summed E-state index contributed by atoms with van der Waals surface area (Å²) in [6.07, 6.45) is 0. The Balaban J connectivity index is 2.19. The lowest BCUT2D eigenvalue weighted by molar-refractivity contribution is 0.446. The van der Waals surface area contributed by atoms with Crippen LogP contribution >= 0.6 is 27.5 Å². The molecule has 0 aromatic heterocycles. The van der Waals surface area contributed by atoms with E-state index in [2.05, 4.69) is 21.2 Å². The molecule has 0 aliphatic rings. The summed E-state index contributed by atoms with van der Waals surface area (Å²) in [7, 11) is 0. The topological polar surface area (TPSA) is 52.5 Å². The molecule has 0 bridgehead atoms. The summed E-state index contributed by atoms with van der Waals surface area (Å²) in [5, 5.41) is 22.1. The SMILES string of the molecule is Oc1ccc(CNc2c(Cl)cc(F)cc2Br)c(O)c1. The molecule has 0 fully saturated rings. The van der Waals surface area contributed by atoms with Crippen molar-refractivity contribution in [2.75, 3.05) is 5.32 Å². The number of hydrogen-bond donors (Lipinski definition) is 3. The number of benzene rings is 2. The van der Waals surface area contributed by atoms with Gasteiger partial charge in [-0.05, 0) is 40.2 Å². The van der Waals surface area contributed by atoms with E-state index in [9.17, 15) is 14.6 Å². The third-order valence-corrected chi connectivity index (χ3v) is 3.45. The van der Waals surface area contributed by atoms with Gasteiger partial charge in [0.15, 0.2) is 0 Å². The summed E-state index contributed by atoms with van der Waals surface area (Å²) in [6, 6.07) is 6.80. The highest BCUT2D eigenvalue weighted by atomic mass is 79.9. The van der Waals surface area contributed by atoms with Gasteiger partial charge in [-0.1, -0.05) is 11.6 Å². The van der Waals surface area contributed by atoms with E-state index in [0.717, 1.165) is 0 Å². The van der Waals surface area contributed by atoms with Crippen LogP contribution in [0.1, 0.15) is 5.56 Å². The van der Waals surface area contributed by atoms with E-state index in [1.54, 1.807) is 6.07 Å². The highest BCUT2D eigenvalue weighted by Crippen LogP contribution is 2.32. The van der Waals surface area contributed by atoms with Gasteiger partial charge in [0, 0.05) is 22.6 Å². The van der Waals surface area contributed by atoms with Crippen LogP contribution < -0.4 is 5.32 Å². The lowest BCUT2D eigenvalue weighted by atomic mass is 10.2. The van der Waals surface area contributed by atoms with E-state index in [-0.39, 0.29) is 23.1 Å². The summed E-state index contributed by atoms with van der Waals surface area (Å²) < 4.78 is 13.6. The number of halogens is 3. The second-order valence-corrected chi connectivity index (χ2v) is 5.17. The fourth-order valence-corrected chi connectivity index (χ4v) is 2.56. The minimum Gasteiger partial charge on any atom is -0.508 e.